The van der Waals surface area contributed by atoms with E-state index >= 15 is 0 Å². The molecular weight excluding hydrogens is 162 g/mol. The van der Waals surface area contributed by atoms with E-state index in [1.54, 1.807) is 0 Å². The van der Waals surface area contributed by atoms with Gasteiger partial charge in [0.2, 0.25) is 0 Å². The number of rotatable bonds is 3. The zero-order chi connectivity index (χ0) is 10.1. The van der Waals surface area contributed by atoms with E-state index in [1.165, 1.54) is 0 Å². The molecule has 0 aromatic heterocycles. The van der Waals surface area contributed by atoms with Gasteiger partial charge in [-0.3, -0.25) is 0 Å². The van der Waals surface area contributed by atoms with Crippen molar-refractivity contribution in [2.45, 2.75) is 33.7 Å². The van der Waals surface area contributed by atoms with Crippen LogP contribution in [0.1, 0.15) is 27.7 Å². The lowest BCUT2D eigenvalue weighted by Crippen LogP contribution is -2.44. The lowest BCUT2D eigenvalue weighted by molar-refractivity contribution is 0.166. The Labute approximate surface area is 82.0 Å². The Balaban J connectivity index is 2.68. The maximum absolute atomic E-state index is 5.57. The number of hydrogen-bond donors (Lipinski definition) is 1. The second-order valence-corrected chi connectivity index (χ2v) is 5.17. The summed E-state index contributed by atoms with van der Waals surface area (Å²) in [5.74, 6) is 1.33. The van der Waals surface area contributed by atoms with Crippen molar-refractivity contribution in [2.24, 2.45) is 17.3 Å². The smallest absolute Gasteiger partial charge is 0.0521 e. The molecule has 0 aliphatic carbocycles. The maximum atomic E-state index is 5.57. The topological polar surface area (TPSA) is 21.3 Å². The summed E-state index contributed by atoms with van der Waals surface area (Å²) in [4.78, 5) is 0. The van der Waals surface area contributed by atoms with Gasteiger partial charge in [-0.15, -0.1) is 0 Å². The Kier molecular flexibility index (Phi) is 3.36. The minimum Gasteiger partial charge on any atom is -0.381 e. The van der Waals surface area contributed by atoms with Crippen molar-refractivity contribution in [1.82, 2.24) is 5.32 Å². The van der Waals surface area contributed by atoms with Gasteiger partial charge in [0.25, 0.3) is 0 Å². The van der Waals surface area contributed by atoms with Gasteiger partial charge in [-0.2, -0.15) is 0 Å². The van der Waals surface area contributed by atoms with E-state index in [1.807, 2.05) is 0 Å². The Morgan fingerprint density at radius 3 is 2.31 bits per heavy atom. The van der Waals surface area contributed by atoms with Crippen LogP contribution in [0, 0.1) is 17.3 Å². The Bertz CT molecular complexity index is 165. The lowest BCUT2D eigenvalue weighted by Gasteiger charge is -2.34. The highest BCUT2D eigenvalue weighted by molar-refractivity contribution is 4.91. The number of ether oxygens (including phenoxy) is 1. The minimum atomic E-state index is 0.331. The molecule has 0 radical (unpaired) electrons. The summed E-state index contributed by atoms with van der Waals surface area (Å²) in [6.07, 6.45) is 0. The van der Waals surface area contributed by atoms with Crippen LogP contribution >= 0.6 is 0 Å². The van der Waals surface area contributed by atoms with Crippen molar-refractivity contribution in [3.05, 3.63) is 0 Å². The van der Waals surface area contributed by atoms with Gasteiger partial charge >= 0.3 is 0 Å². The van der Waals surface area contributed by atoms with Gasteiger partial charge in [-0.25, -0.2) is 0 Å². The molecule has 1 fully saturated rings. The highest BCUT2D eigenvalue weighted by Crippen LogP contribution is 2.37. The largest absolute Gasteiger partial charge is 0.381 e. The van der Waals surface area contributed by atoms with Crippen LogP contribution in [0.2, 0.25) is 0 Å². The SMILES string of the molecule is CNC(C(C)C)C1COCC1(C)C. The summed E-state index contributed by atoms with van der Waals surface area (Å²) in [6, 6.07) is 0.581. The second-order valence-electron chi connectivity index (χ2n) is 5.17. The molecule has 13 heavy (non-hydrogen) atoms. The molecule has 2 nitrogen and oxygen atoms in total. The molecule has 0 amide bonds. The van der Waals surface area contributed by atoms with Crippen molar-refractivity contribution in [3.8, 4) is 0 Å². The molecule has 0 aromatic rings. The van der Waals surface area contributed by atoms with Crippen LogP contribution in [0.15, 0.2) is 0 Å². The molecule has 1 aliphatic rings. The molecule has 1 saturated heterocycles. The molecule has 1 heterocycles. The summed E-state index contributed by atoms with van der Waals surface area (Å²) in [6.45, 7) is 11.0. The fourth-order valence-corrected chi connectivity index (χ4v) is 2.37. The third-order valence-electron chi connectivity index (χ3n) is 3.26. The van der Waals surface area contributed by atoms with Crippen LogP contribution in [0.5, 0.6) is 0 Å². The molecule has 78 valence electrons. The van der Waals surface area contributed by atoms with E-state index in [-0.39, 0.29) is 0 Å². The molecule has 1 rings (SSSR count). The molecule has 2 heteroatoms. The summed E-state index contributed by atoms with van der Waals surface area (Å²) >= 11 is 0. The third kappa shape index (κ3) is 2.23. The molecule has 2 unspecified atom stereocenters. The van der Waals surface area contributed by atoms with Crippen LogP contribution in [-0.2, 0) is 4.74 Å². The minimum absolute atomic E-state index is 0.331. The molecule has 1 aliphatic heterocycles. The highest BCUT2D eigenvalue weighted by atomic mass is 16.5. The van der Waals surface area contributed by atoms with E-state index in [0.717, 1.165) is 13.2 Å². The molecule has 0 bridgehead atoms. The van der Waals surface area contributed by atoms with Crippen molar-refractivity contribution in [1.29, 1.82) is 0 Å². The quantitative estimate of drug-likeness (QED) is 0.725. The van der Waals surface area contributed by atoms with E-state index in [4.69, 9.17) is 4.74 Å². The first-order valence-electron chi connectivity index (χ1n) is 5.24. The summed E-state index contributed by atoms with van der Waals surface area (Å²) < 4.78 is 5.57. The first-order chi connectivity index (χ1) is 5.99. The van der Waals surface area contributed by atoms with E-state index in [2.05, 4.69) is 40.1 Å². The summed E-state index contributed by atoms with van der Waals surface area (Å²) in [7, 11) is 2.05. The first-order valence-corrected chi connectivity index (χ1v) is 5.24. The standard InChI is InChI=1S/C11H23NO/c1-8(2)10(12-5)9-6-13-7-11(9,3)4/h8-10,12H,6-7H2,1-5H3. The molecule has 1 N–H and O–H groups in total. The van der Waals surface area contributed by atoms with Crippen molar-refractivity contribution in [2.75, 3.05) is 20.3 Å². The van der Waals surface area contributed by atoms with Gasteiger partial charge in [0.15, 0.2) is 0 Å². The number of hydrogen-bond acceptors (Lipinski definition) is 2. The zero-order valence-corrected chi connectivity index (χ0v) is 9.55. The predicted octanol–water partition coefficient (Wildman–Crippen LogP) is 1.90. The molecule has 2 atom stereocenters. The Morgan fingerprint density at radius 2 is 2.00 bits per heavy atom. The van der Waals surface area contributed by atoms with Crippen LogP contribution in [0.25, 0.3) is 0 Å². The van der Waals surface area contributed by atoms with Crippen LogP contribution in [0.4, 0.5) is 0 Å². The second kappa shape index (κ2) is 3.97. The van der Waals surface area contributed by atoms with Gasteiger partial charge in [0, 0.05) is 12.0 Å². The van der Waals surface area contributed by atoms with Gasteiger partial charge in [0.1, 0.15) is 0 Å². The predicted molar refractivity (Wildman–Crippen MR) is 55.8 cm³/mol. The Hall–Kier alpha value is -0.0800. The van der Waals surface area contributed by atoms with E-state index < -0.39 is 0 Å². The molecule has 0 saturated carbocycles. The average molecular weight is 185 g/mol. The summed E-state index contributed by atoms with van der Waals surface area (Å²) in [5, 5.41) is 3.42. The fraction of sp³-hybridized carbons (Fsp3) is 1.00. The van der Waals surface area contributed by atoms with Gasteiger partial charge in [0.05, 0.1) is 13.2 Å². The monoisotopic (exact) mass is 185 g/mol. The maximum Gasteiger partial charge on any atom is 0.0521 e. The summed E-state index contributed by atoms with van der Waals surface area (Å²) in [5.41, 5.74) is 0.331. The highest BCUT2D eigenvalue weighted by Gasteiger charge is 2.40. The van der Waals surface area contributed by atoms with Crippen LogP contribution < -0.4 is 5.32 Å². The van der Waals surface area contributed by atoms with Crippen molar-refractivity contribution >= 4 is 0 Å². The Morgan fingerprint density at radius 1 is 1.38 bits per heavy atom. The van der Waals surface area contributed by atoms with Gasteiger partial charge in [-0.05, 0) is 18.4 Å². The van der Waals surface area contributed by atoms with E-state index in [9.17, 15) is 0 Å². The van der Waals surface area contributed by atoms with E-state index in [0.29, 0.717) is 23.3 Å². The normalized spacial score (nSPS) is 29.5. The molecular formula is C11H23NO. The van der Waals surface area contributed by atoms with Crippen molar-refractivity contribution in [3.63, 3.8) is 0 Å². The van der Waals surface area contributed by atoms with Crippen molar-refractivity contribution < 1.29 is 4.74 Å². The lowest BCUT2D eigenvalue weighted by atomic mass is 9.74. The van der Waals surface area contributed by atoms with Crippen LogP contribution in [-0.4, -0.2) is 26.3 Å². The van der Waals surface area contributed by atoms with Crippen LogP contribution in [0.3, 0.4) is 0 Å². The third-order valence-corrected chi connectivity index (χ3v) is 3.26. The molecule has 0 aromatic carbocycles. The molecule has 0 spiro atoms. The zero-order valence-electron chi connectivity index (χ0n) is 9.55. The van der Waals surface area contributed by atoms with Gasteiger partial charge < -0.3 is 10.1 Å². The first kappa shape index (κ1) is 11.0. The van der Waals surface area contributed by atoms with Gasteiger partial charge in [-0.1, -0.05) is 27.7 Å². The number of nitrogens with one attached hydrogen (secondary N) is 1. The average Bonchev–Trinajstić information content (AvgIpc) is 2.32. The fourth-order valence-electron chi connectivity index (χ4n) is 2.37.